The zero-order valence-corrected chi connectivity index (χ0v) is 13.0. The molecule has 4 nitrogen and oxygen atoms in total. The van der Waals surface area contributed by atoms with E-state index in [9.17, 15) is 9.90 Å². The van der Waals surface area contributed by atoms with Gasteiger partial charge in [-0.1, -0.05) is 29.8 Å². The average Bonchev–Trinajstić information content (AvgIpc) is 2.97. The summed E-state index contributed by atoms with van der Waals surface area (Å²) in [6.07, 6.45) is 1.52. The minimum absolute atomic E-state index is 0.419. The fourth-order valence-corrected chi connectivity index (χ4v) is 3.87. The fourth-order valence-electron chi connectivity index (χ4n) is 2.77. The first-order valence-corrected chi connectivity index (χ1v) is 7.85. The predicted molar refractivity (Wildman–Crippen MR) is 84.1 cm³/mol. The van der Waals surface area contributed by atoms with E-state index in [4.69, 9.17) is 0 Å². The van der Waals surface area contributed by atoms with Crippen LogP contribution in [-0.4, -0.2) is 23.1 Å². The zero-order chi connectivity index (χ0) is 15.0. The van der Waals surface area contributed by atoms with Crippen LogP contribution in [0.5, 0.6) is 0 Å². The monoisotopic (exact) mass is 302 g/mol. The van der Waals surface area contributed by atoms with Crippen LogP contribution in [0.25, 0.3) is 0 Å². The SMILES string of the molecule is Cc1cccc(CN(C)c2nc3c(s2)CCC3C(=O)O)c1. The second-order valence-corrected chi connectivity index (χ2v) is 6.64. The maximum atomic E-state index is 11.2. The van der Waals surface area contributed by atoms with Crippen LogP contribution in [0.15, 0.2) is 24.3 Å². The molecule has 1 aliphatic carbocycles. The van der Waals surface area contributed by atoms with Gasteiger partial charge in [0.15, 0.2) is 5.13 Å². The second-order valence-electron chi connectivity index (χ2n) is 5.58. The van der Waals surface area contributed by atoms with Gasteiger partial charge in [0, 0.05) is 18.5 Å². The normalized spacial score (nSPS) is 16.8. The van der Waals surface area contributed by atoms with Gasteiger partial charge in [-0.25, -0.2) is 4.98 Å². The summed E-state index contributed by atoms with van der Waals surface area (Å²) in [7, 11) is 2.01. The van der Waals surface area contributed by atoms with Crippen LogP contribution in [0.1, 0.15) is 34.0 Å². The van der Waals surface area contributed by atoms with Crippen molar-refractivity contribution in [3.63, 3.8) is 0 Å². The summed E-state index contributed by atoms with van der Waals surface area (Å²) >= 11 is 1.63. The molecule has 5 heteroatoms. The van der Waals surface area contributed by atoms with Crippen LogP contribution in [0, 0.1) is 6.92 Å². The third kappa shape index (κ3) is 2.78. The maximum Gasteiger partial charge on any atom is 0.312 e. The standard InChI is InChI=1S/C16H18N2O2S/c1-10-4-3-5-11(8-10)9-18(2)16-17-14-12(15(19)20)6-7-13(14)21-16/h3-5,8,12H,6-7,9H2,1-2H3,(H,19,20). The van der Waals surface area contributed by atoms with Crippen LogP contribution in [-0.2, 0) is 17.8 Å². The average molecular weight is 302 g/mol. The molecule has 21 heavy (non-hydrogen) atoms. The van der Waals surface area contributed by atoms with E-state index in [1.807, 2.05) is 7.05 Å². The summed E-state index contributed by atoms with van der Waals surface area (Å²) in [5.41, 5.74) is 3.26. The summed E-state index contributed by atoms with van der Waals surface area (Å²) in [6, 6.07) is 8.41. The van der Waals surface area contributed by atoms with Crippen molar-refractivity contribution in [2.45, 2.75) is 32.2 Å². The molecule has 0 saturated carbocycles. The lowest BCUT2D eigenvalue weighted by molar-refractivity contribution is -0.138. The van der Waals surface area contributed by atoms with Crippen LogP contribution in [0.4, 0.5) is 5.13 Å². The summed E-state index contributed by atoms with van der Waals surface area (Å²) in [6.45, 7) is 2.87. The molecule has 0 fully saturated rings. The molecule has 0 saturated heterocycles. The zero-order valence-electron chi connectivity index (χ0n) is 12.2. The molecular formula is C16H18N2O2S. The number of aliphatic carboxylic acids is 1. The Balaban J connectivity index is 1.79. The number of thiazole rings is 1. The largest absolute Gasteiger partial charge is 0.481 e. The van der Waals surface area contributed by atoms with Crippen molar-refractivity contribution in [1.29, 1.82) is 0 Å². The Hall–Kier alpha value is -1.88. The van der Waals surface area contributed by atoms with E-state index in [-0.39, 0.29) is 0 Å². The minimum atomic E-state index is -0.757. The first-order chi connectivity index (χ1) is 10.0. The molecule has 1 heterocycles. The summed E-state index contributed by atoms with van der Waals surface area (Å²) < 4.78 is 0. The first-order valence-electron chi connectivity index (χ1n) is 7.03. The Morgan fingerprint density at radius 2 is 2.33 bits per heavy atom. The highest BCUT2D eigenvalue weighted by atomic mass is 32.1. The van der Waals surface area contributed by atoms with Gasteiger partial charge in [0.1, 0.15) is 5.92 Å². The Labute approximate surface area is 128 Å². The quantitative estimate of drug-likeness (QED) is 0.942. The van der Waals surface area contributed by atoms with E-state index in [2.05, 4.69) is 41.1 Å². The third-order valence-corrected chi connectivity index (χ3v) is 5.08. The number of aryl methyl sites for hydroxylation is 2. The molecule has 1 aliphatic rings. The lowest BCUT2D eigenvalue weighted by Gasteiger charge is -2.16. The van der Waals surface area contributed by atoms with Gasteiger partial charge in [-0.15, -0.1) is 11.3 Å². The smallest absolute Gasteiger partial charge is 0.312 e. The van der Waals surface area contributed by atoms with Gasteiger partial charge in [-0.2, -0.15) is 0 Å². The van der Waals surface area contributed by atoms with Gasteiger partial charge in [-0.05, 0) is 25.3 Å². The van der Waals surface area contributed by atoms with Crippen molar-refractivity contribution < 1.29 is 9.90 Å². The Bertz CT molecular complexity index is 681. The molecule has 0 bridgehead atoms. The topological polar surface area (TPSA) is 53.4 Å². The molecule has 1 N–H and O–H groups in total. The van der Waals surface area contributed by atoms with Crippen LogP contribution < -0.4 is 4.90 Å². The molecule has 3 rings (SSSR count). The number of fused-ring (bicyclic) bond motifs is 1. The molecule has 1 atom stereocenters. The van der Waals surface area contributed by atoms with E-state index in [0.29, 0.717) is 6.42 Å². The molecular weight excluding hydrogens is 284 g/mol. The summed E-state index contributed by atoms with van der Waals surface area (Å²) in [4.78, 5) is 19.0. The summed E-state index contributed by atoms with van der Waals surface area (Å²) in [5.74, 6) is -1.18. The number of hydrogen-bond acceptors (Lipinski definition) is 4. The number of hydrogen-bond donors (Lipinski definition) is 1. The molecule has 0 aliphatic heterocycles. The number of rotatable bonds is 4. The maximum absolute atomic E-state index is 11.2. The van der Waals surface area contributed by atoms with Gasteiger partial charge in [-0.3, -0.25) is 4.79 Å². The minimum Gasteiger partial charge on any atom is -0.481 e. The number of aromatic nitrogens is 1. The molecule has 0 radical (unpaired) electrons. The van der Waals surface area contributed by atoms with Crippen molar-refractivity contribution in [3.05, 3.63) is 46.0 Å². The molecule has 2 aromatic rings. The molecule has 1 aromatic heterocycles. The van der Waals surface area contributed by atoms with Crippen molar-refractivity contribution >= 4 is 22.4 Å². The van der Waals surface area contributed by atoms with Crippen molar-refractivity contribution in [2.24, 2.45) is 0 Å². The van der Waals surface area contributed by atoms with E-state index in [1.54, 1.807) is 11.3 Å². The third-order valence-electron chi connectivity index (χ3n) is 3.83. The Kier molecular flexibility index (Phi) is 3.68. The fraction of sp³-hybridized carbons (Fsp3) is 0.375. The molecule has 1 unspecified atom stereocenters. The van der Waals surface area contributed by atoms with Gasteiger partial charge >= 0.3 is 5.97 Å². The predicted octanol–water partition coefficient (Wildman–Crippen LogP) is 3.20. The molecule has 110 valence electrons. The number of nitrogens with zero attached hydrogens (tertiary/aromatic N) is 2. The number of benzene rings is 1. The lowest BCUT2D eigenvalue weighted by atomic mass is 10.1. The first kappa shape index (κ1) is 14.1. The summed E-state index contributed by atoms with van der Waals surface area (Å²) in [5, 5.41) is 10.1. The Morgan fingerprint density at radius 1 is 1.52 bits per heavy atom. The second kappa shape index (κ2) is 5.48. The number of carboxylic acids is 1. The molecule has 0 amide bonds. The number of anilines is 1. The van der Waals surface area contributed by atoms with Gasteiger partial charge in [0.05, 0.1) is 5.69 Å². The van der Waals surface area contributed by atoms with E-state index < -0.39 is 11.9 Å². The van der Waals surface area contributed by atoms with Crippen molar-refractivity contribution in [3.8, 4) is 0 Å². The van der Waals surface area contributed by atoms with Gasteiger partial charge in [0.2, 0.25) is 0 Å². The van der Waals surface area contributed by atoms with Gasteiger partial charge in [0.25, 0.3) is 0 Å². The number of carbonyl (C=O) groups is 1. The van der Waals surface area contributed by atoms with E-state index in [0.717, 1.165) is 28.7 Å². The van der Waals surface area contributed by atoms with E-state index in [1.165, 1.54) is 11.1 Å². The van der Waals surface area contributed by atoms with Crippen molar-refractivity contribution in [2.75, 3.05) is 11.9 Å². The highest BCUT2D eigenvalue weighted by Crippen LogP contribution is 2.39. The van der Waals surface area contributed by atoms with Gasteiger partial charge < -0.3 is 10.0 Å². The highest BCUT2D eigenvalue weighted by molar-refractivity contribution is 7.15. The Morgan fingerprint density at radius 3 is 3.05 bits per heavy atom. The van der Waals surface area contributed by atoms with E-state index >= 15 is 0 Å². The molecule has 1 aromatic carbocycles. The van der Waals surface area contributed by atoms with Crippen LogP contribution in [0.3, 0.4) is 0 Å². The van der Waals surface area contributed by atoms with Crippen molar-refractivity contribution in [1.82, 2.24) is 4.98 Å². The van der Waals surface area contributed by atoms with Crippen LogP contribution in [0.2, 0.25) is 0 Å². The molecule has 0 spiro atoms. The van der Waals surface area contributed by atoms with Crippen LogP contribution >= 0.6 is 11.3 Å². The number of carboxylic acid groups (broad SMARTS) is 1. The highest BCUT2D eigenvalue weighted by Gasteiger charge is 2.32. The lowest BCUT2D eigenvalue weighted by Crippen LogP contribution is -2.17.